The minimum atomic E-state index is -3.62. The van der Waals surface area contributed by atoms with Crippen molar-refractivity contribution in [2.45, 2.75) is 43.4 Å². The second-order valence-electron chi connectivity index (χ2n) is 7.55. The van der Waals surface area contributed by atoms with E-state index in [1.54, 1.807) is 12.1 Å². The highest BCUT2D eigenvalue weighted by Gasteiger charge is 2.35. The molecule has 0 amide bonds. The molecule has 1 fully saturated rings. The molecule has 0 spiro atoms. The molecule has 0 bridgehead atoms. The van der Waals surface area contributed by atoms with Gasteiger partial charge in [0.2, 0.25) is 10.0 Å². The van der Waals surface area contributed by atoms with Crippen molar-refractivity contribution in [2.75, 3.05) is 6.54 Å². The lowest BCUT2D eigenvalue weighted by molar-refractivity contribution is -0.136. The number of carboxylic acid groups (broad SMARTS) is 1. The Hall–Kier alpha value is -1.89. The molecule has 28 heavy (non-hydrogen) atoms. The van der Waals surface area contributed by atoms with Crippen LogP contribution in [0.3, 0.4) is 0 Å². The van der Waals surface area contributed by atoms with E-state index in [1.165, 1.54) is 12.1 Å². The van der Waals surface area contributed by atoms with E-state index in [1.807, 2.05) is 24.3 Å². The van der Waals surface area contributed by atoms with Crippen LogP contribution in [0.5, 0.6) is 0 Å². The molecule has 0 heterocycles. The molecule has 0 aromatic heterocycles. The van der Waals surface area contributed by atoms with E-state index in [4.69, 9.17) is 16.7 Å². The fraction of sp³-hybridized carbons (Fsp3) is 0.381. The molecule has 150 valence electrons. The van der Waals surface area contributed by atoms with Crippen molar-refractivity contribution in [1.29, 1.82) is 0 Å². The van der Waals surface area contributed by atoms with Crippen molar-refractivity contribution >= 4 is 27.6 Å². The number of benzene rings is 2. The van der Waals surface area contributed by atoms with Gasteiger partial charge in [-0.3, -0.25) is 4.79 Å². The SMILES string of the molecule is O=C(O)Cc1ccc(CC2(CNS(=O)(=O)c3cccc(Cl)c3)CCCC2)cc1. The summed E-state index contributed by atoms with van der Waals surface area (Å²) >= 11 is 5.93. The second kappa shape index (κ2) is 8.64. The van der Waals surface area contributed by atoms with Gasteiger partial charge in [0.05, 0.1) is 11.3 Å². The summed E-state index contributed by atoms with van der Waals surface area (Å²) in [6.07, 6.45) is 4.85. The van der Waals surface area contributed by atoms with Crippen LogP contribution >= 0.6 is 11.6 Å². The molecule has 1 aliphatic rings. The van der Waals surface area contributed by atoms with Crippen molar-refractivity contribution in [2.24, 2.45) is 5.41 Å². The lowest BCUT2D eigenvalue weighted by atomic mass is 9.80. The van der Waals surface area contributed by atoms with Crippen LogP contribution in [-0.4, -0.2) is 26.0 Å². The highest BCUT2D eigenvalue weighted by Crippen LogP contribution is 2.40. The third kappa shape index (κ3) is 5.34. The van der Waals surface area contributed by atoms with E-state index in [0.29, 0.717) is 11.6 Å². The smallest absolute Gasteiger partial charge is 0.307 e. The molecule has 0 radical (unpaired) electrons. The zero-order chi connectivity index (χ0) is 20.2. The Bertz CT molecular complexity index is 935. The maximum atomic E-state index is 12.7. The molecule has 3 rings (SSSR count). The van der Waals surface area contributed by atoms with Gasteiger partial charge in [-0.15, -0.1) is 0 Å². The summed E-state index contributed by atoms with van der Waals surface area (Å²) in [5.74, 6) is -0.851. The van der Waals surface area contributed by atoms with Crippen molar-refractivity contribution in [3.8, 4) is 0 Å². The molecule has 1 aliphatic carbocycles. The average Bonchev–Trinajstić information content (AvgIpc) is 3.10. The van der Waals surface area contributed by atoms with E-state index in [-0.39, 0.29) is 16.7 Å². The van der Waals surface area contributed by atoms with Gasteiger partial charge in [0.1, 0.15) is 0 Å². The summed E-state index contributed by atoms with van der Waals surface area (Å²) in [5.41, 5.74) is 1.73. The zero-order valence-electron chi connectivity index (χ0n) is 15.5. The van der Waals surface area contributed by atoms with E-state index >= 15 is 0 Å². The van der Waals surface area contributed by atoms with Gasteiger partial charge in [0.25, 0.3) is 0 Å². The Labute approximate surface area is 170 Å². The normalized spacial score (nSPS) is 16.2. The minimum absolute atomic E-state index is 0.00482. The van der Waals surface area contributed by atoms with Crippen LogP contribution in [0.1, 0.15) is 36.8 Å². The number of carboxylic acids is 1. The number of rotatable bonds is 8. The first-order valence-corrected chi connectivity index (χ1v) is 11.2. The quantitative estimate of drug-likeness (QED) is 0.673. The fourth-order valence-corrected chi connectivity index (χ4v) is 5.35. The van der Waals surface area contributed by atoms with Crippen LogP contribution in [0, 0.1) is 5.41 Å². The topological polar surface area (TPSA) is 83.5 Å². The summed E-state index contributed by atoms with van der Waals surface area (Å²) in [5, 5.41) is 9.28. The predicted molar refractivity (Wildman–Crippen MR) is 109 cm³/mol. The Balaban J connectivity index is 1.71. The molecular formula is C21H24ClNO4S. The average molecular weight is 422 g/mol. The largest absolute Gasteiger partial charge is 0.481 e. The number of halogens is 1. The summed E-state index contributed by atoms with van der Waals surface area (Å²) in [6.45, 7) is 0.374. The number of carbonyl (C=O) groups is 1. The number of hydrogen-bond acceptors (Lipinski definition) is 3. The Morgan fingerprint density at radius 3 is 2.32 bits per heavy atom. The van der Waals surface area contributed by atoms with Crippen molar-refractivity contribution in [1.82, 2.24) is 4.72 Å². The molecule has 2 aromatic carbocycles. The van der Waals surface area contributed by atoms with Crippen LogP contribution in [0.25, 0.3) is 0 Å². The van der Waals surface area contributed by atoms with Gasteiger partial charge in [-0.2, -0.15) is 0 Å². The first-order valence-electron chi connectivity index (χ1n) is 9.33. The van der Waals surface area contributed by atoms with E-state index < -0.39 is 16.0 Å². The van der Waals surface area contributed by atoms with Crippen molar-refractivity contribution in [3.05, 3.63) is 64.7 Å². The molecule has 5 nitrogen and oxygen atoms in total. The summed E-state index contributed by atoms with van der Waals surface area (Å²) < 4.78 is 28.1. The van der Waals surface area contributed by atoms with Crippen LogP contribution in [0.4, 0.5) is 0 Å². The van der Waals surface area contributed by atoms with Gasteiger partial charge in [-0.25, -0.2) is 13.1 Å². The molecule has 7 heteroatoms. The van der Waals surface area contributed by atoms with E-state index in [0.717, 1.165) is 43.2 Å². The highest BCUT2D eigenvalue weighted by atomic mass is 35.5. The maximum Gasteiger partial charge on any atom is 0.307 e. The monoisotopic (exact) mass is 421 g/mol. The van der Waals surface area contributed by atoms with Crippen LogP contribution < -0.4 is 4.72 Å². The lowest BCUT2D eigenvalue weighted by Gasteiger charge is -2.29. The van der Waals surface area contributed by atoms with E-state index in [2.05, 4.69) is 4.72 Å². The highest BCUT2D eigenvalue weighted by molar-refractivity contribution is 7.89. The fourth-order valence-electron chi connectivity index (χ4n) is 3.89. The molecular weight excluding hydrogens is 398 g/mol. The Morgan fingerprint density at radius 1 is 1.07 bits per heavy atom. The third-order valence-corrected chi connectivity index (χ3v) is 7.00. The lowest BCUT2D eigenvalue weighted by Crippen LogP contribution is -2.37. The van der Waals surface area contributed by atoms with Crippen LogP contribution in [0.2, 0.25) is 5.02 Å². The summed E-state index contributed by atoms with van der Waals surface area (Å²) in [7, 11) is -3.62. The number of aliphatic carboxylic acids is 1. The second-order valence-corrected chi connectivity index (χ2v) is 9.76. The van der Waals surface area contributed by atoms with Gasteiger partial charge < -0.3 is 5.11 Å². The van der Waals surface area contributed by atoms with Gasteiger partial charge in [-0.1, -0.05) is 54.8 Å². The molecule has 2 aromatic rings. The van der Waals surface area contributed by atoms with Crippen molar-refractivity contribution in [3.63, 3.8) is 0 Å². The first-order chi connectivity index (χ1) is 13.3. The van der Waals surface area contributed by atoms with Crippen LogP contribution in [-0.2, 0) is 27.7 Å². The van der Waals surface area contributed by atoms with Gasteiger partial charge >= 0.3 is 5.97 Å². The zero-order valence-corrected chi connectivity index (χ0v) is 17.1. The third-order valence-electron chi connectivity index (χ3n) is 5.37. The molecule has 0 saturated heterocycles. The van der Waals surface area contributed by atoms with Gasteiger partial charge in [0, 0.05) is 11.6 Å². The summed E-state index contributed by atoms with van der Waals surface area (Å²) in [4.78, 5) is 11.0. The number of nitrogens with one attached hydrogen (secondary N) is 1. The minimum Gasteiger partial charge on any atom is -0.481 e. The maximum absolute atomic E-state index is 12.7. The molecule has 0 atom stereocenters. The standard InChI is InChI=1S/C21H24ClNO4S/c22-18-4-3-5-19(13-18)28(26,27)23-15-21(10-1-2-11-21)14-17-8-6-16(7-9-17)12-20(24)25/h3-9,13,23H,1-2,10-12,14-15H2,(H,24,25). The predicted octanol–water partition coefficient (Wildman–Crippen LogP) is 4.05. The molecule has 0 unspecified atom stereocenters. The Morgan fingerprint density at radius 2 is 1.71 bits per heavy atom. The van der Waals surface area contributed by atoms with Gasteiger partial charge in [0.15, 0.2) is 0 Å². The summed E-state index contributed by atoms with van der Waals surface area (Å²) in [6, 6.07) is 13.8. The number of hydrogen-bond donors (Lipinski definition) is 2. The Kier molecular flexibility index (Phi) is 6.43. The molecule has 2 N–H and O–H groups in total. The molecule has 1 saturated carbocycles. The van der Waals surface area contributed by atoms with E-state index in [9.17, 15) is 13.2 Å². The van der Waals surface area contributed by atoms with Crippen LogP contribution in [0.15, 0.2) is 53.4 Å². The van der Waals surface area contributed by atoms with Crippen molar-refractivity contribution < 1.29 is 18.3 Å². The van der Waals surface area contributed by atoms with Gasteiger partial charge in [-0.05, 0) is 54.0 Å². The number of sulfonamides is 1. The first kappa shape index (κ1) is 20.8. The molecule has 0 aliphatic heterocycles.